The van der Waals surface area contributed by atoms with Crippen LogP contribution in [-0.4, -0.2) is 47.2 Å². The number of rotatable bonds is 10. The van der Waals surface area contributed by atoms with Crippen LogP contribution in [0, 0.1) is 0 Å². The maximum atomic E-state index is 9.61. The summed E-state index contributed by atoms with van der Waals surface area (Å²) in [5.41, 5.74) is 0. The van der Waals surface area contributed by atoms with Crippen LogP contribution in [0.25, 0.3) is 0 Å². The normalized spacial score (nSPS) is 15.9. The van der Waals surface area contributed by atoms with Gasteiger partial charge in [0.25, 0.3) is 0 Å². The minimum Gasteiger partial charge on any atom is -0.388 e. The summed E-state index contributed by atoms with van der Waals surface area (Å²) >= 11 is 6.34. The highest BCUT2D eigenvalue weighted by Crippen LogP contribution is 2.16. The Bertz CT molecular complexity index is 181. The summed E-state index contributed by atoms with van der Waals surface area (Å²) in [6.07, 6.45) is 4.41. The predicted octanol–water partition coefficient (Wildman–Crippen LogP) is 3.41. The average Bonchev–Trinajstić information content (AvgIpc) is 2.31. The van der Waals surface area contributed by atoms with Crippen LogP contribution in [0.3, 0.4) is 0 Å². The molecular formula is C14H31ClNO+. The third-order valence-electron chi connectivity index (χ3n) is 3.78. The number of hydrogen-bond acceptors (Lipinski definition) is 1. The Hall–Kier alpha value is 0.210. The number of aliphatic hydroxyl groups excluding tert-OH is 1. The van der Waals surface area contributed by atoms with Gasteiger partial charge in [-0.3, -0.25) is 0 Å². The van der Waals surface area contributed by atoms with Crippen LogP contribution in [0.15, 0.2) is 0 Å². The molecule has 17 heavy (non-hydrogen) atoms. The molecule has 0 aromatic heterocycles. The highest BCUT2D eigenvalue weighted by atomic mass is 35.5. The van der Waals surface area contributed by atoms with Crippen LogP contribution < -0.4 is 0 Å². The van der Waals surface area contributed by atoms with Crippen LogP contribution >= 0.6 is 11.6 Å². The number of quaternary nitrogens is 1. The van der Waals surface area contributed by atoms with Crippen LogP contribution in [-0.2, 0) is 0 Å². The van der Waals surface area contributed by atoms with Crippen molar-refractivity contribution < 1.29 is 9.59 Å². The van der Waals surface area contributed by atoms with Crippen molar-refractivity contribution in [1.82, 2.24) is 0 Å². The van der Waals surface area contributed by atoms with E-state index in [9.17, 15) is 5.11 Å². The number of hydrogen-bond donors (Lipinski definition) is 1. The molecule has 2 unspecified atom stereocenters. The van der Waals surface area contributed by atoms with Crippen molar-refractivity contribution in [2.45, 2.75) is 64.9 Å². The van der Waals surface area contributed by atoms with E-state index in [1.165, 1.54) is 12.8 Å². The van der Waals surface area contributed by atoms with Gasteiger partial charge in [-0.05, 0) is 27.2 Å². The molecule has 0 radical (unpaired) electrons. The Balaban J connectivity index is 4.15. The lowest BCUT2D eigenvalue weighted by atomic mass is 10.1. The third-order valence-corrected chi connectivity index (χ3v) is 4.22. The lowest BCUT2D eigenvalue weighted by molar-refractivity contribution is -0.927. The molecule has 0 amide bonds. The molecule has 0 aliphatic heterocycles. The van der Waals surface area contributed by atoms with Crippen molar-refractivity contribution in [3.63, 3.8) is 0 Å². The maximum absolute atomic E-state index is 9.61. The summed E-state index contributed by atoms with van der Waals surface area (Å²) in [7, 11) is 0. The maximum Gasteiger partial charge on any atom is 0.105 e. The Labute approximate surface area is 113 Å². The first-order chi connectivity index (χ1) is 7.99. The standard InChI is InChI=1S/C14H31ClNO/c1-5-8-9-14(15)10-11-16(6-2,7-3)12-13(4)17/h13-14,17H,5-12H2,1-4H3/q+1. The zero-order chi connectivity index (χ0) is 13.3. The first kappa shape index (κ1) is 17.2. The van der Waals surface area contributed by atoms with Gasteiger partial charge in [0, 0.05) is 11.8 Å². The summed E-state index contributed by atoms with van der Waals surface area (Å²) < 4.78 is 0.993. The molecule has 0 rings (SSSR count). The van der Waals surface area contributed by atoms with Gasteiger partial charge < -0.3 is 9.59 Å². The fourth-order valence-corrected chi connectivity index (χ4v) is 2.69. The van der Waals surface area contributed by atoms with Gasteiger partial charge in [0.15, 0.2) is 0 Å². The fourth-order valence-electron chi connectivity index (χ4n) is 2.43. The lowest BCUT2D eigenvalue weighted by Crippen LogP contribution is -2.52. The Morgan fingerprint density at radius 2 is 1.71 bits per heavy atom. The van der Waals surface area contributed by atoms with Crippen LogP contribution in [0.4, 0.5) is 0 Å². The molecule has 0 aliphatic carbocycles. The van der Waals surface area contributed by atoms with Crippen molar-refractivity contribution in [2.24, 2.45) is 0 Å². The monoisotopic (exact) mass is 264 g/mol. The number of halogens is 1. The van der Waals surface area contributed by atoms with Crippen molar-refractivity contribution in [3.8, 4) is 0 Å². The first-order valence-electron chi connectivity index (χ1n) is 7.16. The average molecular weight is 265 g/mol. The number of likely N-dealkylation sites (N-methyl/N-ethyl adjacent to an activating group) is 1. The zero-order valence-electron chi connectivity index (χ0n) is 12.1. The Kier molecular flexibility index (Phi) is 9.29. The van der Waals surface area contributed by atoms with Gasteiger partial charge in [0.1, 0.15) is 12.6 Å². The number of aliphatic hydroxyl groups is 1. The van der Waals surface area contributed by atoms with Gasteiger partial charge >= 0.3 is 0 Å². The predicted molar refractivity (Wildman–Crippen MR) is 76.5 cm³/mol. The van der Waals surface area contributed by atoms with Crippen molar-refractivity contribution in [2.75, 3.05) is 26.2 Å². The summed E-state index contributed by atoms with van der Waals surface area (Å²) in [5.74, 6) is 0. The first-order valence-corrected chi connectivity index (χ1v) is 7.60. The molecule has 1 N–H and O–H groups in total. The van der Waals surface area contributed by atoms with E-state index in [2.05, 4.69) is 20.8 Å². The minimum atomic E-state index is -0.223. The van der Waals surface area contributed by atoms with E-state index in [-0.39, 0.29) is 6.10 Å². The molecule has 0 bridgehead atoms. The van der Waals surface area contributed by atoms with Crippen LogP contribution in [0.1, 0.15) is 53.4 Å². The number of nitrogens with zero attached hydrogens (tertiary/aromatic N) is 1. The third kappa shape index (κ3) is 7.28. The quantitative estimate of drug-likeness (QED) is 0.474. The molecule has 104 valence electrons. The Morgan fingerprint density at radius 3 is 2.12 bits per heavy atom. The van der Waals surface area contributed by atoms with E-state index >= 15 is 0 Å². The molecule has 0 heterocycles. The van der Waals surface area contributed by atoms with E-state index in [0.717, 1.165) is 43.5 Å². The molecule has 0 aromatic carbocycles. The summed E-state index contributed by atoms with van der Waals surface area (Å²) in [5, 5.41) is 9.91. The van der Waals surface area contributed by atoms with E-state index in [1.54, 1.807) is 0 Å². The molecule has 0 fully saturated rings. The molecule has 3 heteroatoms. The molecule has 0 aromatic rings. The van der Waals surface area contributed by atoms with Crippen molar-refractivity contribution in [3.05, 3.63) is 0 Å². The highest BCUT2D eigenvalue weighted by Gasteiger charge is 2.25. The molecular weight excluding hydrogens is 234 g/mol. The minimum absolute atomic E-state index is 0.223. The zero-order valence-corrected chi connectivity index (χ0v) is 12.8. The smallest absolute Gasteiger partial charge is 0.105 e. The van der Waals surface area contributed by atoms with Gasteiger partial charge in [-0.25, -0.2) is 0 Å². The SMILES string of the molecule is CCCCC(Cl)CC[N+](CC)(CC)CC(C)O. The van der Waals surface area contributed by atoms with E-state index in [0.29, 0.717) is 5.38 Å². The summed E-state index contributed by atoms with van der Waals surface area (Å²) in [4.78, 5) is 0. The molecule has 0 spiro atoms. The molecule has 2 nitrogen and oxygen atoms in total. The van der Waals surface area contributed by atoms with Gasteiger partial charge in [-0.15, -0.1) is 11.6 Å². The topological polar surface area (TPSA) is 20.2 Å². The second kappa shape index (κ2) is 9.18. The van der Waals surface area contributed by atoms with Gasteiger partial charge in [0.05, 0.1) is 19.6 Å². The number of unbranched alkanes of at least 4 members (excludes halogenated alkanes) is 1. The van der Waals surface area contributed by atoms with Gasteiger partial charge in [-0.2, -0.15) is 0 Å². The van der Waals surface area contributed by atoms with E-state index < -0.39 is 0 Å². The molecule has 0 saturated carbocycles. The Morgan fingerprint density at radius 1 is 1.12 bits per heavy atom. The second-order valence-corrected chi connectivity index (χ2v) is 5.87. The fraction of sp³-hybridized carbons (Fsp3) is 1.00. The largest absolute Gasteiger partial charge is 0.388 e. The number of alkyl halides is 1. The van der Waals surface area contributed by atoms with Gasteiger partial charge in [0.2, 0.25) is 0 Å². The van der Waals surface area contributed by atoms with Crippen molar-refractivity contribution >= 4 is 11.6 Å². The van der Waals surface area contributed by atoms with Crippen LogP contribution in [0.2, 0.25) is 0 Å². The molecule has 2 atom stereocenters. The second-order valence-electron chi connectivity index (χ2n) is 5.26. The van der Waals surface area contributed by atoms with E-state index in [4.69, 9.17) is 11.6 Å². The summed E-state index contributed by atoms with van der Waals surface area (Å²) in [6.45, 7) is 12.6. The van der Waals surface area contributed by atoms with Crippen molar-refractivity contribution in [1.29, 1.82) is 0 Å². The highest BCUT2D eigenvalue weighted by molar-refractivity contribution is 6.20. The molecule has 0 aliphatic rings. The van der Waals surface area contributed by atoms with E-state index in [1.807, 2.05) is 6.92 Å². The summed E-state index contributed by atoms with van der Waals surface area (Å²) in [6, 6.07) is 0. The van der Waals surface area contributed by atoms with Crippen LogP contribution in [0.5, 0.6) is 0 Å². The van der Waals surface area contributed by atoms with Gasteiger partial charge in [-0.1, -0.05) is 19.8 Å². The molecule has 0 saturated heterocycles. The lowest BCUT2D eigenvalue weighted by Gasteiger charge is -2.38.